The van der Waals surface area contributed by atoms with Gasteiger partial charge in [-0.25, -0.2) is 8.78 Å². The Balaban J connectivity index is 2.00. The molecule has 1 N–H and O–H groups in total. The molecule has 0 amide bonds. The van der Waals surface area contributed by atoms with Crippen LogP contribution in [0.2, 0.25) is 0 Å². The third-order valence-electron chi connectivity index (χ3n) is 2.91. The minimum Gasteiger partial charge on any atom is -0.306 e. The van der Waals surface area contributed by atoms with Crippen molar-refractivity contribution in [3.05, 3.63) is 71.3 Å². The fourth-order valence-electron chi connectivity index (χ4n) is 1.80. The maximum Gasteiger partial charge on any atom is 0.127 e. The highest BCUT2D eigenvalue weighted by atomic mass is 19.1. The second-order valence-corrected chi connectivity index (χ2v) is 4.25. The third-order valence-corrected chi connectivity index (χ3v) is 2.91. The summed E-state index contributed by atoms with van der Waals surface area (Å²) in [5, 5.41) is 3.18. The summed E-state index contributed by atoms with van der Waals surface area (Å²) in [5.74, 6) is -0.483. The highest BCUT2D eigenvalue weighted by Crippen LogP contribution is 2.15. The number of rotatable bonds is 4. The van der Waals surface area contributed by atoms with Gasteiger partial charge in [-0.1, -0.05) is 30.3 Å². The van der Waals surface area contributed by atoms with E-state index in [9.17, 15) is 8.78 Å². The number of benzene rings is 2. The topological polar surface area (TPSA) is 12.0 Å². The van der Waals surface area contributed by atoms with Crippen molar-refractivity contribution in [1.29, 1.82) is 0 Å². The Morgan fingerprint density at radius 1 is 1.06 bits per heavy atom. The third kappa shape index (κ3) is 3.14. The standard InChI is InChI=1S/C15H15F2N/c1-11(12-6-4-7-14(16)9-12)18-10-13-5-2-3-8-15(13)17/h2-9,11,18H,10H2,1H3/t11-/m1/s1. The highest BCUT2D eigenvalue weighted by molar-refractivity contribution is 5.21. The Labute approximate surface area is 105 Å². The van der Waals surface area contributed by atoms with Crippen LogP contribution in [0.25, 0.3) is 0 Å². The van der Waals surface area contributed by atoms with Crippen LogP contribution in [0.4, 0.5) is 8.78 Å². The van der Waals surface area contributed by atoms with Crippen LogP contribution < -0.4 is 5.32 Å². The van der Waals surface area contributed by atoms with Crippen LogP contribution >= 0.6 is 0 Å². The van der Waals surface area contributed by atoms with Crippen molar-refractivity contribution < 1.29 is 8.78 Å². The second kappa shape index (κ2) is 5.74. The lowest BCUT2D eigenvalue weighted by Gasteiger charge is -2.14. The molecule has 0 aliphatic heterocycles. The molecule has 18 heavy (non-hydrogen) atoms. The van der Waals surface area contributed by atoms with Crippen molar-refractivity contribution in [2.75, 3.05) is 0 Å². The van der Waals surface area contributed by atoms with Gasteiger partial charge in [-0.05, 0) is 30.7 Å². The summed E-state index contributed by atoms with van der Waals surface area (Å²) in [4.78, 5) is 0. The van der Waals surface area contributed by atoms with Crippen molar-refractivity contribution in [3.63, 3.8) is 0 Å². The van der Waals surface area contributed by atoms with Gasteiger partial charge in [0, 0.05) is 18.2 Å². The van der Waals surface area contributed by atoms with Crippen molar-refractivity contribution in [2.24, 2.45) is 0 Å². The van der Waals surface area contributed by atoms with Crippen molar-refractivity contribution in [1.82, 2.24) is 5.32 Å². The van der Waals surface area contributed by atoms with Crippen LogP contribution in [0.1, 0.15) is 24.1 Å². The molecule has 0 fully saturated rings. The molecule has 0 aromatic heterocycles. The largest absolute Gasteiger partial charge is 0.306 e. The van der Waals surface area contributed by atoms with E-state index >= 15 is 0 Å². The minimum absolute atomic E-state index is 0.0275. The molecule has 2 rings (SSSR count). The van der Waals surface area contributed by atoms with Crippen molar-refractivity contribution >= 4 is 0 Å². The molecule has 1 nitrogen and oxygen atoms in total. The summed E-state index contributed by atoms with van der Waals surface area (Å²) in [7, 11) is 0. The van der Waals surface area contributed by atoms with Crippen LogP contribution in [0.3, 0.4) is 0 Å². The maximum atomic E-state index is 13.4. The molecule has 0 saturated carbocycles. The lowest BCUT2D eigenvalue weighted by atomic mass is 10.1. The molecule has 1 atom stereocenters. The van der Waals surface area contributed by atoms with E-state index in [1.54, 1.807) is 24.3 Å². The Morgan fingerprint density at radius 3 is 2.56 bits per heavy atom. The molecule has 0 spiro atoms. The van der Waals surface area contributed by atoms with E-state index in [-0.39, 0.29) is 17.7 Å². The summed E-state index contributed by atoms with van der Waals surface area (Å²) in [6.45, 7) is 2.35. The lowest BCUT2D eigenvalue weighted by Crippen LogP contribution is -2.18. The van der Waals surface area contributed by atoms with E-state index in [0.717, 1.165) is 5.56 Å². The first-order valence-electron chi connectivity index (χ1n) is 5.89. The molecule has 0 aliphatic carbocycles. The monoisotopic (exact) mass is 247 g/mol. The van der Waals surface area contributed by atoms with Gasteiger partial charge in [0.25, 0.3) is 0 Å². The zero-order valence-corrected chi connectivity index (χ0v) is 10.2. The molecule has 0 bridgehead atoms. The predicted molar refractivity (Wildman–Crippen MR) is 68.1 cm³/mol. The van der Waals surface area contributed by atoms with Gasteiger partial charge in [-0.3, -0.25) is 0 Å². The fourth-order valence-corrected chi connectivity index (χ4v) is 1.80. The number of hydrogen-bond acceptors (Lipinski definition) is 1. The normalized spacial score (nSPS) is 12.4. The van der Waals surface area contributed by atoms with E-state index in [4.69, 9.17) is 0 Å². The SMILES string of the molecule is C[C@@H](NCc1ccccc1F)c1cccc(F)c1. The van der Waals surface area contributed by atoms with Gasteiger partial charge in [-0.2, -0.15) is 0 Å². The van der Waals surface area contributed by atoms with Crippen molar-refractivity contribution in [3.8, 4) is 0 Å². The summed E-state index contributed by atoms with van der Waals surface area (Å²) in [6, 6.07) is 13.0. The Kier molecular flexibility index (Phi) is 4.05. The maximum absolute atomic E-state index is 13.4. The number of halogens is 2. The van der Waals surface area contributed by atoms with Gasteiger partial charge in [0.15, 0.2) is 0 Å². The van der Waals surface area contributed by atoms with Crippen LogP contribution in [-0.2, 0) is 6.54 Å². The second-order valence-electron chi connectivity index (χ2n) is 4.25. The molecule has 94 valence electrons. The Morgan fingerprint density at radius 2 is 1.83 bits per heavy atom. The van der Waals surface area contributed by atoms with Crippen LogP contribution in [0.5, 0.6) is 0 Å². The Bertz CT molecular complexity index is 525. The predicted octanol–water partition coefficient (Wildman–Crippen LogP) is 3.82. The van der Waals surface area contributed by atoms with Gasteiger partial charge in [0.2, 0.25) is 0 Å². The Hall–Kier alpha value is -1.74. The molecule has 2 aromatic carbocycles. The number of nitrogens with one attached hydrogen (secondary N) is 1. The molecule has 0 aliphatic rings. The molecule has 0 heterocycles. The summed E-state index contributed by atoms with van der Waals surface area (Å²) in [6.07, 6.45) is 0. The molecule has 0 unspecified atom stereocenters. The van der Waals surface area contributed by atoms with E-state index in [1.165, 1.54) is 18.2 Å². The highest BCUT2D eigenvalue weighted by Gasteiger charge is 2.07. The zero-order valence-electron chi connectivity index (χ0n) is 10.2. The smallest absolute Gasteiger partial charge is 0.127 e. The summed E-state index contributed by atoms with van der Waals surface area (Å²) < 4.78 is 26.5. The molecular weight excluding hydrogens is 232 g/mol. The zero-order chi connectivity index (χ0) is 13.0. The first-order valence-corrected chi connectivity index (χ1v) is 5.89. The van der Waals surface area contributed by atoms with Gasteiger partial charge in [-0.15, -0.1) is 0 Å². The van der Waals surface area contributed by atoms with E-state index in [2.05, 4.69) is 5.32 Å². The summed E-state index contributed by atoms with van der Waals surface area (Å²) in [5.41, 5.74) is 1.46. The van der Waals surface area contributed by atoms with E-state index in [0.29, 0.717) is 12.1 Å². The number of hydrogen-bond donors (Lipinski definition) is 1. The fraction of sp³-hybridized carbons (Fsp3) is 0.200. The average molecular weight is 247 g/mol. The van der Waals surface area contributed by atoms with E-state index < -0.39 is 0 Å². The summed E-state index contributed by atoms with van der Waals surface area (Å²) >= 11 is 0. The van der Waals surface area contributed by atoms with Gasteiger partial charge < -0.3 is 5.32 Å². The lowest BCUT2D eigenvalue weighted by molar-refractivity contribution is 0.540. The van der Waals surface area contributed by atoms with E-state index in [1.807, 2.05) is 13.0 Å². The average Bonchev–Trinajstić information content (AvgIpc) is 2.37. The van der Waals surface area contributed by atoms with Gasteiger partial charge >= 0.3 is 0 Å². The van der Waals surface area contributed by atoms with Gasteiger partial charge in [0.05, 0.1) is 0 Å². The molecule has 0 saturated heterocycles. The van der Waals surface area contributed by atoms with Crippen LogP contribution in [-0.4, -0.2) is 0 Å². The molecule has 3 heteroatoms. The first kappa shape index (κ1) is 12.7. The molecule has 2 aromatic rings. The van der Waals surface area contributed by atoms with Crippen LogP contribution in [0.15, 0.2) is 48.5 Å². The van der Waals surface area contributed by atoms with Crippen LogP contribution in [0, 0.1) is 11.6 Å². The molecule has 0 radical (unpaired) electrons. The minimum atomic E-state index is -0.257. The van der Waals surface area contributed by atoms with Gasteiger partial charge in [0.1, 0.15) is 11.6 Å². The van der Waals surface area contributed by atoms with Crippen molar-refractivity contribution in [2.45, 2.75) is 19.5 Å². The first-order chi connectivity index (χ1) is 8.66. The quantitative estimate of drug-likeness (QED) is 0.866. The molecular formula is C15H15F2N.